The van der Waals surface area contributed by atoms with Crippen LogP contribution in [0.15, 0.2) is 15.9 Å². The summed E-state index contributed by atoms with van der Waals surface area (Å²) in [4.78, 5) is 15.3. The van der Waals surface area contributed by atoms with Crippen LogP contribution in [0.4, 0.5) is 0 Å². The van der Waals surface area contributed by atoms with Crippen molar-refractivity contribution in [3.63, 3.8) is 0 Å². The first-order valence-electron chi connectivity index (χ1n) is 5.87. The average molecular weight is 317 g/mol. The van der Waals surface area contributed by atoms with Gasteiger partial charge in [0.25, 0.3) is 0 Å². The Kier molecular flexibility index (Phi) is 4.59. The molecule has 17 heavy (non-hydrogen) atoms. The number of halogens is 1. The molecule has 1 amide bonds. The molecule has 1 aromatic heterocycles. The standard InChI is InChI=1S/C12H17BrN2OS/c1-14-12(16)9-4-6-15(7-5-9)8-10-2-3-11(13)17-10/h2-3,9H,4-8H2,1H3,(H,14,16). The van der Waals surface area contributed by atoms with E-state index in [4.69, 9.17) is 0 Å². The van der Waals surface area contributed by atoms with Gasteiger partial charge in [-0.05, 0) is 54.0 Å². The van der Waals surface area contributed by atoms with E-state index in [1.165, 1.54) is 8.66 Å². The highest BCUT2D eigenvalue weighted by Gasteiger charge is 2.24. The molecule has 0 aromatic carbocycles. The number of piperidine rings is 1. The number of amides is 1. The predicted octanol–water partition coefficient (Wildman–Crippen LogP) is 2.47. The molecule has 1 aromatic rings. The van der Waals surface area contributed by atoms with Crippen molar-refractivity contribution >= 4 is 33.2 Å². The van der Waals surface area contributed by atoms with Crippen LogP contribution < -0.4 is 5.32 Å². The van der Waals surface area contributed by atoms with Crippen molar-refractivity contribution in [1.29, 1.82) is 0 Å². The monoisotopic (exact) mass is 316 g/mol. The Bertz CT molecular complexity index is 386. The first kappa shape index (κ1) is 13.1. The van der Waals surface area contributed by atoms with Gasteiger partial charge in [0.1, 0.15) is 0 Å². The van der Waals surface area contributed by atoms with E-state index < -0.39 is 0 Å². The van der Waals surface area contributed by atoms with E-state index in [0.717, 1.165) is 32.5 Å². The van der Waals surface area contributed by atoms with E-state index in [-0.39, 0.29) is 11.8 Å². The average Bonchev–Trinajstić information content (AvgIpc) is 2.75. The number of hydrogen-bond donors (Lipinski definition) is 1. The highest BCUT2D eigenvalue weighted by atomic mass is 79.9. The zero-order chi connectivity index (χ0) is 12.3. The lowest BCUT2D eigenvalue weighted by atomic mass is 9.96. The van der Waals surface area contributed by atoms with Gasteiger partial charge in [0.2, 0.25) is 5.91 Å². The summed E-state index contributed by atoms with van der Waals surface area (Å²) in [5.74, 6) is 0.412. The second-order valence-electron chi connectivity index (χ2n) is 4.37. The first-order valence-corrected chi connectivity index (χ1v) is 7.48. The number of hydrogen-bond acceptors (Lipinski definition) is 3. The van der Waals surface area contributed by atoms with Crippen LogP contribution in [0.5, 0.6) is 0 Å². The third kappa shape index (κ3) is 3.53. The third-order valence-corrected chi connectivity index (χ3v) is 4.82. The summed E-state index contributed by atoms with van der Waals surface area (Å²) >= 11 is 5.27. The Morgan fingerprint density at radius 1 is 1.53 bits per heavy atom. The molecule has 0 saturated carbocycles. The maximum absolute atomic E-state index is 11.5. The Labute approximate surface area is 114 Å². The fraction of sp³-hybridized carbons (Fsp3) is 0.583. The van der Waals surface area contributed by atoms with Crippen molar-refractivity contribution in [2.24, 2.45) is 5.92 Å². The summed E-state index contributed by atoms with van der Waals surface area (Å²) in [6, 6.07) is 4.26. The number of likely N-dealkylation sites (tertiary alicyclic amines) is 1. The van der Waals surface area contributed by atoms with Gasteiger partial charge in [-0.2, -0.15) is 0 Å². The first-order chi connectivity index (χ1) is 8.19. The van der Waals surface area contributed by atoms with Gasteiger partial charge >= 0.3 is 0 Å². The van der Waals surface area contributed by atoms with Crippen molar-refractivity contribution in [2.45, 2.75) is 19.4 Å². The van der Waals surface area contributed by atoms with E-state index in [1.807, 2.05) is 0 Å². The lowest BCUT2D eigenvalue weighted by Crippen LogP contribution is -2.39. The minimum Gasteiger partial charge on any atom is -0.359 e. The summed E-state index contributed by atoms with van der Waals surface area (Å²) in [7, 11) is 1.72. The van der Waals surface area contributed by atoms with Crippen LogP contribution in [-0.4, -0.2) is 30.9 Å². The fourth-order valence-electron chi connectivity index (χ4n) is 2.21. The molecule has 94 valence electrons. The van der Waals surface area contributed by atoms with E-state index in [1.54, 1.807) is 18.4 Å². The van der Waals surface area contributed by atoms with Crippen LogP contribution in [0.2, 0.25) is 0 Å². The Hall–Kier alpha value is -0.390. The van der Waals surface area contributed by atoms with Crippen LogP contribution in [0.3, 0.4) is 0 Å². The molecule has 0 atom stereocenters. The van der Waals surface area contributed by atoms with Gasteiger partial charge in [-0.25, -0.2) is 0 Å². The molecule has 0 spiro atoms. The van der Waals surface area contributed by atoms with Gasteiger partial charge in [0, 0.05) is 24.4 Å². The van der Waals surface area contributed by atoms with Gasteiger partial charge in [0.05, 0.1) is 3.79 Å². The van der Waals surface area contributed by atoms with Crippen molar-refractivity contribution < 1.29 is 4.79 Å². The third-order valence-electron chi connectivity index (χ3n) is 3.21. The highest BCUT2D eigenvalue weighted by molar-refractivity contribution is 9.11. The molecule has 0 bridgehead atoms. The number of nitrogens with zero attached hydrogens (tertiary/aromatic N) is 1. The molecule has 1 aliphatic heterocycles. The van der Waals surface area contributed by atoms with E-state index >= 15 is 0 Å². The van der Waals surface area contributed by atoms with Crippen LogP contribution in [0, 0.1) is 5.92 Å². The molecule has 0 aliphatic carbocycles. The highest BCUT2D eigenvalue weighted by Crippen LogP contribution is 2.25. The number of rotatable bonds is 3. The molecular formula is C12H17BrN2OS. The maximum Gasteiger partial charge on any atom is 0.222 e. The Morgan fingerprint density at radius 3 is 2.76 bits per heavy atom. The molecule has 3 nitrogen and oxygen atoms in total. The summed E-state index contributed by atoms with van der Waals surface area (Å²) in [5, 5.41) is 2.74. The molecular weight excluding hydrogens is 300 g/mol. The number of thiophene rings is 1. The lowest BCUT2D eigenvalue weighted by molar-refractivity contribution is -0.125. The van der Waals surface area contributed by atoms with Crippen molar-refractivity contribution in [3.8, 4) is 0 Å². The Balaban J connectivity index is 1.81. The van der Waals surface area contributed by atoms with Gasteiger partial charge < -0.3 is 5.32 Å². The molecule has 2 rings (SSSR count). The van der Waals surface area contributed by atoms with E-state index in [9.17, 15) is 4.79 Å². The lowest BCUT2D eigenvalue weighted by Gasteiger charge is -2.30. The second-order valence-corrected chi connectivity index (χ2v) is 6.92. The molecule has 1 saturated heterocycles. The van der Waals surface area contributed by atoms with Crippen LogP contribution in [0.1, 0.15) is 17.7 Å². The quantitative estimate of drug-likeness (QED) is 0.929. The summed E-state index contributed by atoms with van der Waals surface area (Å²) in [6.45, 7) is 3.05. The minimum atomic E-state index is 0.198. The zero-order valence-corrected chi connectivity index (χ0v) is 12.3. The smallest absolute Gasteiger partial charge is 0.222 e. The number of carbonyl (C=O) groups is 1. The fourth-order valence-corrected chi connectivity index (χ4v) is 3.74. The second kappa shape index (κ2) is 5.98. The molecule has 0 unspecified atom stereocenters. The summed E-state index contributed by atoms with van der Waals surface area (Å²) in [5.41, 5.74) is 0. The predicted molar refractivity (Wildman–Crippen MR) is 74.1 cm³/mol. The van der Waals surface area contributed by atoms with E-state index in [0.29, 0.717) is 0 Å². The Morgan fingerprint density at radius 2 is 2.24 bits per heavy atom. The minimum absolute atomic E-state index is 0.198. The molecule has 5 heteroatoms. The zero-order valence-electron chi connectivity index (χ0n) is 9.91. The topological polar surface area (TPSA) is 32.3 Å². The molecule has 0 radical (unpaired) electrons. The molecule has 2 heterocycles. The van der Waals surface area contributed by atoms with Crippen molar-refractivity contribution in [2.75, 3.05) is 20.1 Å². The SMILES string of the molecule is CNC(=O)C1CCN(Cc2ccc(Br)s2)CC1. The summed E-state index contributed by atoms with van der Waals surface area (Å²) < 4.78 is 1.19. The number of carbonyl (C=O) groups excluding carboxylic acids is 1. The molecule has 1 fully saturated rings. The van der Waals surface area contributed by atoms with Gasteiger partial charge in [-0.3, -0.25) is 9.69 Å². The van der Waals surface area contributed by atoms with Crippen LogP contribution >= 0.6 is 27.3 Å². The largest absolute Gasteiger partial charge is 0.359 e. The maximum atomic E-state index is 11.5. The molecule has 1 N–H and O–H groups in total. The molecule has 1 aliphatic rings. The number of nitrogens with one attached hydrogen (secondary N) is 1. The van der Waals surface area contributed by atoms with Gasteiger partial charge in [0.15, 0.2) is 0 Å². The normalized spacial score (nSPS) is 18.2. The van der Waals surface area contributed by atoms with Crippen LogP contribution in [0.25, 0.3) is 0 Å². The van der Waals surface area contributed by atoms with Crippen LogP contribution in [-0.2, 0) is 11.3 Å². The summed E-state index contributed by atoms with van der Waals surface area (Å²) in [6.07, 6.45) is 1.96. The van der Waals surface area contributed by atoms with Crippen molar-refractivity contribution in [3.05, 3.63) is 20.8 Å². The van der Waals surface area contributed by atoms with Gasteiger partial charge in [-0.1, -0.05) is 0 Å². The van der Waals surface area contributed by atoms with Crippen molar-refractivity contribution in [1.82, 2.24) is 10.2 Å². The van der Waals surface area contributed by atoms with Gasteiger partial charge in [-0.15, -0.1) is 11.3 Å². The van der Waals surface area contributed by atoms with E-state index in [2.05, 4.69) is 38.3 Å².